The number of benzene rings is 1. The predicted molar refractivity (Wildman–Crippen MR) is 118 cm³/mol. The van der Waals surface area contributed by atoms with E-state index in [0.717, 1.165) is 37.6 Å². The first-order valence-electron chi connectivity index (χ1n) is 10.7. The minimum Gasteiger partial charge on any atom is -0.497 e. The molecule has 0 spiro atoms. The van der Waals surface area contributed by atoms with Gasteiger partial charge in [-0.1, -0.05) is 32.9 Å². The molecule has 1 aliphatic rings. The summed E-state index contributed by atoms with van der Waals surface area (Å²) in [6.07, 6.45) is -0.461. The summed E-state index contributed by atoms with van der Waals surface area (Å²) in [6.45, 7) is 10.5. The fourth-order valence-corrected chi connectivity index (χ4v) is 3.85. The van der Waals surface area contributed by atoms with Crippen molar-refractivity contribution >= 4 is 6.09 Å². The lowest BCUT2D eigenvalue weighted by Gasteiger charge is -2.27. The lowest BCUT2D eigenvalue weighted by molar-refractivity contribution is -0.00166. The molecule has 1 aromatic heterocycles. The van der Waals surface area contributed by atoms with Crippen molar-refractivity contribution in [3.05, 3.63) is 47.3 Å². The zero-order valence-corrected chi connectivity index (χ0v) is 19.0. The molecule has 2 N–H and O–H groups in total. The molecule has 8 nitrogen and oxygen atoms in total. The number of fused-ring (bicyclic) bond motifs is 1. The van der Waals surface area contributed by atoms with Crippen molar-refractivity contribution < 1.29 is 19.0 Å². The van der Waals surface area contributed by atoms with Crippen LogP contribution >= 0.6 is 0 Å². The van der Waals surface area contributed by atoms with Crippen LogP contribution in [0.25, 0.3) is 0 Å². The zero-order chi connectivity index (χ0) is 22.4. The van der Waals surface area contributed by atoms with Gasteiger partial charge in [0.2, 0.25) is 0 Å². The Morgan fingerprint density at radius 2 is 1.97 bits per heavy atom. The Morgan fingerprint density at radius 1 is 1.23 bits per heavy atom. The highest BCUT2D eigenvalue weighted by Gasteiger charge is 2.23. The summed E-state index contributed by atoms with van der Waals surface area (Å²) in [4.78, 5) is 13.6. The van der Waals surface area contributed by atoms with Crippen molar-refractivity contribution in [3.63, 3.8) is 0 Å². The summed E-state index contributed by atoms with van der Waals surface area (Å²) < 4.78 is 18.3. The number of carbonyl (C=O) groups is 1. The topological polar surface area (TPSA) is 91.8 Å². The molecule has 0 aliphatic carbocycles. The Balaban J connectivity index is 1.51. The SMILES string of the molecule is COc1ccc(CN2CCn3nc(COC[C@H](CC(C)(C)C)OC(N)=O)cc3C2)cc1. The fourth-order valence-electron chi connectivity index (χ4n) is 3.85. The number of methoxy groups -OCH3 is 1. The first-order valence-corrected chi connectivity index (χ1v) is 10.7. The van der Waals surface area contributed by atoms with Crippen LogP contribution in [0.1, 0.15) is 44.1 Å². The molecule has 1 aliphatic heterocycles. The van der Waals surface area contributed by atoms with Crippen LogP contribution in [-0.2, 0) is 35.7 Å². The normalized spacial score (nSPS) is 15.4. The Hall–Kier alpha value is -2.58. The van der Waals surface area contributed by atoms with Crippen LogP contribution in [-0.4, -0.2) is 47.1 Å². The number of hydrogen-bond acceptors (Lipinski definition) is 6. The van der Waals surface area contributed by atoms with E-state index in [4.69, 9.17) is 19.9 Å². The van der Waals surface area contributed by atoms with E-state index in [9.17, 15) is 4.79 Å². The largest absolute Gasteiger partial charge is 0.497 e. The smallest absolute Gasteiger partial charge is 0.404 e. The Bertz CT molecular complexity index is 857. The highest BCUT2D eigenvalue weighted by Crippen LogP contribution is 2.23. The summed E-state index contributed by atoms with van der Waals surface area (Å²) >= 11 is 0. The van der Waals surface area contributed by atoms with Crippen LogP contribution in [0.4, 0.5) is 4.79 Å². The van der Waals surface area contributed by atoms with Crippen molar-refractivity contribution in [1.82, 2.24) is 14.7 Å². The summed E-state index contributed by atoms with van der Waals surface area (Å²) in [7, 11) is 1.68. The van der Waals surface area contributed by atoms with Crippen molar-refractivity contribution in [1.29, 1.82) is 0 Å². The Morgan fingerprint density at radius 3 is 2.61 bits per heavy atom. The molecule has 0 radical (unpaired) electrons. The second-order valence-electron chi connectivity index (χ2n) is 9.25. The van der Waals surface area contributed by atoms with Gasteiger partial charge in [-0.3, -0.25) is 9.58 Å². The zero-order valence-electron chi connectivity index (χ0n) is 19.0. The van der Waals surface area contributed by atoms with Gasteiger partial charge in [0.1, 0.15) is 11.9 Å². The van der Waals surface area contributed by atoms with Gasteiger partial charge in [-0.15, -0.1) is 0 Å². The number of carbonyl (C=O) groups excluding carboxylic acids is 1. The lowest BCUT2D eigenvalue weighted by atomic mass is 9.89. The van der Waals surface area contributed by atoms with Crippen LogP contribution in [0.2, 0.25) is 0 Å². The van der Waals surface area contributed by atoms with Gasteiger partial charge in [-0.2, -0.15) is 5.10 Å². The number of nitrogens with zero attached hydrogens (tertiary/aromatic N) is 3. The van der Waals surface area contributed by atoms with Crippen LogP contribution < -0.4 is 10.5 Å². The molecule has 0 fully saturated rings. The predicted octanol–water partition coefficient (Wildman–Crippen LogP) is 3.32. The molecule has 3 rings (SSSR count). The molecular weight excluding hydrogens is 396 g/mol. The lowest BCUT2D eigenvalue weighted by Crippen LogP contribution is -2.33. The van der Waals surface area contributed by atoms with Gasteiger partial charge in [0, 0.05) is 19.6 Å². The highest BCUT2D eigenvalue weighted by molar-refractivity contribution is 5.64. The van der Waals surface area contributed by atoms with Crippen LogP contribution in [0.5, 0.6) is 5.75 Å². The summed E-state index contributed by atoms with van der Waals surface area (Å²) in [6, 6.07) is 10.3. The van der Waals surface area contributed by atoms with Crippen LogP contribution in [0, 0.1) is 5.41 Å². The molecule has 2 aromatic rings. The molecule has 31 heavy (non-hydrogen) atoms. The van der Waals surface area contributed by atoms with Crippen molar-refractivity contribution in [3.8, 4) is 5.75 Å². The molecule has 1 atom stereocenters. The number of amides is 1. The molecule has 8 heteroatoms. The van der Waals surface area contributed by atoms with Gasteiger partial charge in [-0.05, 0) is 35.6 Å². The first kappa shape index (κ1) is 23.1. The van der Waals surface area contributed by atoms with Gasteiger partial charge in [0.15, 0.2) is 0 Å². The van der Waals surface area contributed by atoms with Gasteiger partial charge in [0.05, 0.1) is 38.3 Å². The van der Waals surface area contributed by atoms with E-state index in [0.29, 0.717) is 19.6 Å². The van der Waals surface area contributed by atoms with Gasteiger partial charge in [0.25, 0.3) is 0 Å². The molecule has 170 valence electrons. The second-order valence-corrected chi connectivity index (χ2v) is 9.25. The minimum absolute atomic E-state index is 0.00429. The van der Waals surface area contributed by atoms with Crippen LogP contribution in [0.3, 0.4) is 0 Å². The van der Waals surface area contributed by atoms with E-state index in [1.807, 2.05) is 12.1 Å². The number of hydrogen-bond donors (Lipinski definition) is 1. The molecule has 0 saturated carbocycles. The van der Waals surface area contributed by atoms with E-state index in [1.54, 1.807) is 7.11 Å². The average Bonchev–Trinajstić information content (AvgIpc) is 3.09. The Labute approximate surface area is 184 Å². The third-order valence-corrected chi connectivity index (χ3v) is 5.17. The van der Waals surface area contributed by atoms with Gasteiger partial charge in [-0.25, -0.2) is 4.79 Å². The van der Waals surface area contributed by atoms with E-state index in [1.165, 1.54) is 11.3 Å². The molecule has 2 heterocycles. The fraction of sp³-hybridized carbons (Fsp3) is 0.565. The van der Waals surface area contributed by atoms with E-state index in [-0.39, 0.29) is 11.5 Å². The molecule has 1 aromatic carbocycles. The maximum absolute atomic E-state index is 11.2. The number of aromatic nitrogens is 2. The van der Waals surface area contributed by atoms with E-state index in [2.05, 4.69) is 53.7 Å². The summed E-state index contributed by atoms with van der Waals surface area (Å²) in [5.74, 6) is 0.871. The monoisotopic (exact) mass is 430 g/mol. The molecule has 0 unspecified atom stereocenters. The maximum atomic E-state index is 11.2. The molecule has 0 bridgehead atoms. The average molecular weight is 431 g/mol. The summed E-state index contributed by atoms with van der Waals surface area (Å²) in [5, 5.41) is 4.66. The number of ether oxygens (including phenoxy) is 3. The second kappa shape index (κ2) is 10.2. The van der Waals surface area contributed by atoms with E-state index >= 15 is 0 Å². The Kier molecular flexibility index (Phi) is 7.56. The van der Waals surface area contributed by atoms with Crippen molar-refractivity contribution in [2.45, 2.75) is 59.5 Å². The quantitative estimate of drug-likeness (QED) is 0.656. The van der Waals surface area contributed by atoms with E-state index < -0.39 is 6.09 Å². The maximum Gasteiger partial charge on any atom is 0.404 e. The number of rotatable bonds is 9. The number of primary amides is 1. The molecule has 0 saturated heterocycles. The van der Waals surface area contributed by atoms with Crippen molar-refractivity contribution in [2.75, 3.05) is 20.3 Å². The summed E-state index contributed by atoms with van der Waals surface area (Å²) in [5.41, 5.74) is 8.53. The third-order valence-electron chi connectivity index (χ3n) is 5.17. The standard InChI is InChI=1S/C23H34N4O4/c1-23(2,3)12-21(31-22(24)28)16-30-15-18-11-19-14-26(9-10-27(19)25-18)13-17-5-7-20(29-4)8-6-17/h5-8,11,21H,9-10,12-16H2,1-4H3,(H2,24,28)/t21-/m0/s1. The molecular formula is C23H34N4O4. The number of nitrogens with two attached hydrogens (primary N) is 1. The molecule has 1 amide bonds. The minimum atomic E-state index is -0.771. The first-order chi connectivity index (χ1) is 14.7. The highest BCUT2D eigenvalue weighted by atomic mass is 16.6. The van der Waals surface area contributed by atoms with Gasteiger partial charge >= 0.3 is 6.09 Å². The van der Waals surface area contributed by atoms with Crippen molar-refractivity contribution in [2.24, 2.45) is 11.1 Å². The van der Waals surface area contributed by atoms with Crippen LogP contribution in [0.15, 0.2) is 30.3 Å². The van der Waals surface area contributed by atoms with Gasteiger partial charge < -0.3 is 19.9 Å². The third kappa shape index (κ3) is 7.25.